The van der Waals surface area contributed by atoms with Crippen LogP contribution in [0.15, 0.2) is 0 Å². The summed E-state index contributed by atoms with van der Waals surface area (Å²) in [5.41, 5.74) is 0.607. The topological polar surface area (TPSA) is 37.3 Å². The van der Waals surface area contributed by atoms with Gasteiger partial charge in [0.05, 0.1) is 6.42 Å². The Kier molecular flexibility index (Phi) is 3.83. The molecule has 92 valence electrons. The molecule has 0 radical (unpaired) electrons. The molecule has 2 aliphatic carbocycles. The molecule has 0 heterocycles. The van der Waals surface area contributed by atoms with Crippen molar-refractivity contribution in [1.29, 1.82) is 0 Å². The molecule has 0 aliphatic heterocycles. The molecule has 0 aromatic rings. The number of hydrogen-bond donors (Lipinski definition) is 1. The third-order valence-corrected chi connectivity index (χ3v) is 5.99. The van der Waals surface area contributed by atoms with Crippen LogP contribution in [0.5, 0.6) is 0 Å². The van der Waals surface area contributed by atoms with Crippen LogP contribution in [0.3, 0.4) is 0 Å². The summed E-state index contributed by atoms with van der Waals surface area (Å²) < 4.78 is 0. The summed E-state index contributed by atoms with van der Waals surface area (Å²) in [6.07, 6.45) is 10.0. The quantitative estimate of drug-likeness (QED) is 0.817. The van der Waals surface area contributed by atoms with E-state index in [1.165, 1.54) is 44.9 Å². The lowest BCUT2D eigenvalue weighted by Gasteiger charge is -2.52. The first kappa shape index (κ1) is 12.3. The molecule has 0 aromatic carbocycles. The van der Waals surface area contributed by atoms with E-state index in [4.69, 9.17) is 5.11 Å². The van der Waals surface area contributed by atoms with Gasteiger partial charge in [-0.2, -0.15) is 11.8 Å². The minimum atomic E-state index is -0.656. The van der Waals surface area contributed by atoms with E-state index < -0.39 is 5.97 Å². The third-order valence-electron chi connectivity index (χ3n) is 4.30. The Bertz CT molecular complexity index is 259. The second-order valence-electron chi connectivity index (χ2n) is 5.49. The van der Waals surface area contributed by atoms with Gasteiger partial charge >= 0.3 is 5.97 Å². The van der Waals surface area contributed by atoms with Crippen molar-refractivity contribution in [2.45, 2.75) is 68.8 Å². The molecule has 2 atom stereocenters. The fourth-order valence-corrected chi connectivity index (χ4v) is 4.98. The van der Waals surface area contributed by atoms with Crippen LogP contribution < -0.4 is 0 Å². The van der Waals surface area contributed by atoms with Crippen LogP contribution in [0.25, 0.3) is 0 Å². The van der Waals surface area contributed by atoms with E-state index in [1.807, 2.05) is 11.8 Å². The highest BCUT2D eigenvalue weighted by atomic mass is 32.2. The Morgan fingerprint density at radius 2 is 2.06 bits per heavy atom. The molecule has 0 saturated heterocycles. The molecule has 3 heteroatoms. The van der Waals surface area contributed by atoms with E-state index in [9.17, 15) is 4.79 Å². The van der Waals surface area contributed by atoms with Crippen LogP contribution in [-0.4, -0.2) is 21.6 Å². The van der Waals surface area contributed by atoms with Crippen molar-refractivity contribution in [3.05, 3.63) is 0 Å². The number of carboxylic acids is 1. The zero-order valence-corrected chi connectivity index (χ0v) is 10.9. The van der Waals surface area contributed by atoms with E-state index in [1.54, 1.807) is 0 Å². The number of carboxylic acid groups (broad SMARTS) is 1. The predicted octanol–water partition coefficient (Wildman–Crippen LogP) is 3.70. The largest absolute Gasteiger partial charge is 0.481 e. The van der Waals surface area contributed by atoms with E-state index >= 15 is 0 Å². The van der Waals surface area contributed by atoms with Crippen molar-refractivity contribution in [2.24, 2.45) is 5.41 Å². The first-order valence-corrected chi connectivity index (χ1v) is 7.44. The first-order valence-electron chi connectivity index (χ1n) is 6.50. The Morgan fingerprint density at radius 1 is 1.38 bits per heavy atom. The minimum absolute atomic E-state index is 0.279. The van der Waals surface area contributed by atoms with Gasteiger partial charge in [-0.25, -0.2) is 0 Å². The number of thioether (sulfide) groups is 1. The fraction of sp³-hybridized carbons (Fsp3) is 0.923. The van der Waals surface area contributed by atoms with Crippen LogP contribution in [-0.2, 0) is 4.79 Å². The van der Waals surface area contributed by atoms with Gasteiger partial charge in [0, 0.05) is 10.5 Å². The molecule has 0 amide bonds. The van der Waals surface area contributed by atoms with Crippen LogP contribution >= 0.6 is 11.8 Å². The maximum Gasteiger partial charge on any atom is 0.304 e. The highest BCUT2D eigenvalue weighted by Gasteiger charge is 2.47. The van der Waals surface area contributed by atoms with Gasteiger partial charge in [-0.1, -0.05) is 26.2 Å². The molecule has 2 rings (SSSR count). The summed E-state index contributed by atoms with van der Waals surface area (Å²) in [6.45, 7) is 2.06. The molecule has 2 aliphatic rings. The highest BCUT2D eigenvalue weighted by Crippen LogP contribution is 2.57. The second-order valence-corrected chi connectivity index (χ2v) is 7.14. The Hall–Kier alpha value is -0.180. The van der Waals surface area contributed by atoms with E-state index in [2.05, 4.69) is 6.92 Å². The van der Waals surface area contributed by atoms with Crippen LogP contribution in [0.2, 0.25) is 0 Å². The smallest absolute Gasteiger partial charge is 0.304 e. The van der Waals surface area contributed by atoms with Crippen molar-refractivity contribution < 1.29 is 9.90 Å². The van der Waals surface area contributed by atoms with Crippen molar-refractivity contribution in [1.82, 2.24) is 0 Å². The molecular weight excluding hydrogens is 220 g/mol. The SMILES string of the molecule is CC(CC(=O)O)SC1CCC12CCCCC2. The van der Waals surface area contributed by atoms with Gasteiger partial charge in [0.2, 0.25) is 0 Å². The van der Waals surface area contributed by atoms with Gasteiger partial charge in [0.25, 0.3) is 0 Å². The van der Waals surface area contributed by atoms with Gasteiger partial charge in [0.1, 0.15) is 0 Å². The van der Waals surface area contributed by atoms with Gasteiger partial charge in [-0.15, -0.1) is 0 Å². The maximum absolute atomic E-state index is 10.7. The molecule has 1 N–H and O–H groups in total. The Labute approximate surface area is 102 Å². The van der Waals surface area contributed by atoms with Gasteiger partial charge < -0.3 is 5.11 Å². The lowest BCUT2D eigenvalue weighted by Crippen LogP contribution is -2.45. The molecule has 1 spiro atoms. The maximum atomic E-state index is 10.7. The van der Waals surface area contributed by atoms with E-state index in [-0.39, 0.29) is 5.25 Å². The Morgan fingerprint density at radius 3 is 2.56 bits per heavy atom. The average molecular weight is 242 g/mol. The van der Waals surface area contributed by atoms with Crippen molar-refractivity contribution >= 4 is 17.7 Å². The van der Waals surface area contributed by atoms with Gasteiger partial charge in [0.15, 0.2) is 0 Å². The highest BCUT2D eigenvalue weighted by molar-refractivity contribution is 8.00. The summed E-state index contributed by atoms with van der Waals surface area (Å²) >= 11 is 1.94. The van der Waals surface area contributed by atoms with Crippen LogP contribution in [0.4, 0.5) is 0 Å². The summed E-state index contributed by atoms with van der Waals surface area (Å²) in [4.78, 5) is 10.7. The molecule has 0 aromatic heterocycles. The summed E-state index contributed by atoms with van der Waals surface area (Å²) in [7, 11) is 0. The fourth-order valence-electron chi connectivity index (χ4n) is 3.29. The monoisotopic (exact) mass is 242 g/mol. The predicted molar refractivity (Wildman–Crippen MR) is 67.8 cm³/mol. The summed E-state index contributed by atoms with van der Waals surface area (Å²) in [5, 5.41) is 9.81. The summed E-state index contributed by atoms with van der Waals surface area (Å²) in [6, 6.07) is 0. The molecular formula is C13H22O2S. The lowest BCUT2D eigenvalue weighted by molar-refractivity contribution is -0.136. The number of aliphatic carboxylic acids is 1. The van der Waals surface area contributed by atoms with Crippen LogP contribution in [0.1, 0.15) is 58.3 Å². The number of rotatable bonds is 4. The first-order chi connectivity index (χ1) is 7.62. The summed E-state index contributed by atoms with van der Waals surface area (Å²) in [5.74, 6) is -0.656. The number of hydrogen-bond acceptors (Lipinski definition) is 2. The molecule has 2 saturated carbocycles. The average Bonchev–Trinajstić information content (AvgIpc) is 2.25. The van der Waals surface area contributed by atoms with Gasteiger partial charge in [-0.05, 0) is 31.1 Å². The normalized spacial score (nSPS) is 29.7. The molecule has 16 heavy (non-hydrogen) atoms. The Balaban J connectivity index is 1.83. The second kappa shape index (κ2) is 4.99. The zero-order valence-electron chi connectivity index (χ0n) is 10.1. The van der Waals surface area contributed by atoms with Crippen molar-refractivity contribution in [3.63, 3.8) is 0 Å². The molecule has 2 unspecified atom stereocenters. The molecule has 0 bridgehead atoms. The standard InChI is InChI=1S/C13H22O2S/c1-10(9-12(14)15)16-11-5-8-13(11)6-3-2-4-7-13/h10-11H,2-9H2,1H3,(H,14,15). The zero-order chi connectivity index (χ0) is 11.6. The van der Waals surface area contributed by atoms with Crippen LogP contribution in [0, 0.1) is 5.41 Å². The number of carbonyl (C=O) groups is 1. The molecule has 2 fully saturated rings. The van der Waals surface area contributed by atoms with Crippen molar-refractivity contribution in [3.8, 4) is 0 Å². The van der Waals surface area contributed by atoms with E-state index in [0.29, 0.717) is 11.8 Å². The van der Waals surface area contributed by atoms with Gasteiger partial charge in [-0.3, -0.25) is 4.79 Å². The molecule has 2 nitrogen and oxygen atoms in total. The minimum Gasteiger partial charge on any atom is -0.481 e. The van der Waals surface area contributed by atoms with E-state index in [0.717, 1.165) is 5.25 Å². The third kappa shape index (κ3) is 2.55. The lowest BCUT2D eigenvalue weighted by atomic mass is 9.60. The van der Waals surface area contributed by atoms with Crippen molar-refractivity contribution in [2.75, 3.05) is 0 Å².